The number of fused-ring (bicyclic) bond motifs is 1. The summed E-state index contributed by atoms with van der Waals surface area (Å²) in [5, 5.41) is 10.1. The van der Waals surface area contributed by atoms with Gasteiger partial charge in [0.05, 0.1) is 6.61 Å². The second kappa shape index (κ2) is 7.18. The number of aliphatic hydroxyl groups excluding tert-OH is 1. The molecule has 0 saturated carbocycles. The van der Waals surface area contributed by atoms with Crippen LogP contribution in [0.3, 0.4) is 0 Å². The van der Waals surface area contributed by atoms with Gasteiger partial charge in [-0.1, -0.05) is 24.3 Å². The highest BCUT2D eigenvalue weighted by atomic mass is 16.3. The van der Waals surface area contributed by atoms with E-state index in [1.54, 1.807) is 0 Å². The van der Waals surface area contributed by atoms with Crippen LogP contribution in [0.1, 0.15) is 30.6 Å². The fraction of sp³-hybridized carbons (Fsp3) is 0.545. The Hall–Kier alpha value is -1.62. The highest BCUT2D eigenvalue weighted by Crippen LogP contribution is 2.42. The number of benzene rings is 1. The van der Waals surface area contributed by atoms with E-state index >= 15 is 0 Å². The normalized spacial score (nSPS) is 27.4. The molecule has 0 bridgehead atoms. The number of nitrogens with zero attached hydrogens (tertiary/aromatic N) is 2. The molecular formula is C22H30N2O2. The van der Waals surface area contributed by atoms with Crippen LogP contribution < -0.4 is 0 Å². The van der Waals surface area contributed by atoms with Crippen LogP contribution in [0.5, 0.6) is 0 Å². The second-order valence-corrected chi connectivity index (χ2v) is 8.17. The van der Waals surface area contributed by atoms with Crippen LogP contribution in [-0.2, 0) is 6.54 Å². The standard InChI is InChI=1S/C22H30N2O2/c1-17-8-9-20(26-17)19-7-4-3-6-18(19)14-24-13-11-22(16-25)10-5-12-23(2)21(22)15-24/h3-4,6-9,21,25H,5,10-16H2,1-2H3/t21-,22-/m1/s1. The van der Waals surface area contributed by atoms with Crippen molar-refractivity contribution in [1.29, 1.82) is 0 Å². The van der Waals surface area contributed by atoms with Crippen LogP contribution in [0.2, 0.25) is 0 Å². The van der Waals surface area contributed by atoms with Gasteiger partial charge >= 0.3 is 0 Å². The molecule has 4 heteroatoms. The lowest BCUT2D eigenvalue weighted by Crippen LogP contribution is -2.61. The predicted octanol–water partition coefficient (Wildman–Crippen LogP) is 3.53. The molecule has 0 amide bonds. The van der Waals surface area contributed by atoms with Crippen molar-refractivity contribution in [3.63, 3.8) is 0 Å². The highest BCUT2D eigenvalue weighted by molar-refractivity contribution is 5.62. The Kier molecular flexibility index (Phi) is 4.91. The first-order valence-electron chi connectivity index (χ1n) is 9.79. The van der Waals surface area contributed by atoms with E-state index in [2.05, 4.69) is 47.2 Å². The van der Waals surface area contributed by atoms with Crippen LogP contribution in [-0.4, -0.2) is 54.2 Å². The lowest BCUT2D eigenvalue weighted by atomic mass is 9.69. The summed E-state index contributed by atoms with van der Waals surface area (Å²) >= 11 is 0. The number of rotatable bonds is 4. The highest BCUT2D eigenvalue weighted by Gasteiger charge is 2.46. The molecule has 4 rings (SSSR count). The molecule has 1 N–H and O–H groups in total. The van der Waals surface area contributed by atoms with Gasteiger partial charge in [-0.25, -0.2) is 0 Å². The molecule has 4 nitrogen and oxygen atoms in total. The zero-order valence-electron chi connectivity index (χ0n) is 15.9. The molecule has 2 fully saturated rings. The second-order valence-electron chi connectivity index (χ2n) is 8.17. The molecule has 0 spiro atoms. The average Bonchev–Trinajstić information content (AvgIpc) is 3.09. The Morgan fingerprint density at radius 2 is 2.00 bits per heavy atom. The molecular weight excluding hydrogens is 324 g/mol. The minimum absolute atomic E-state index is 0.0984. The fourth-order valence-electron chi connectivity index (χ4n) is 4.94. The van der Waals surface area contributed by atoms with Crippen LogP contribution >= 0.6 is 0 Å². The summed E-state index contributed by atoms with van der Waals surface area (Å²) in [6.07, 6.45) is 3.45. The molecule has 1 aromatic carbocycles. The van der Waals surface area contributed by atoms with Crippen molar-refractivity contribution in [3.8, 4) is 11.3 Å². The first-order chi connectivity index (χ1) is 12.6. The lowest BCUT2D eigenvalue weighted by Gasteiger charge is -2.53. The van der Waals surface area contributed by atoms with Crippen LogP contribution in [0.15, 0.2) is 40.8 Å². The molecule has 3 heterocycles. The summed E-state index contributed by atoms with van der Waals surface area (Å²) < 4.78 is 5.88. The SMILES string of the molecule is Cc1ccc(-c2ccccc2CN2CC[C@@]3(CO)CCCN(C)[C@@H]3C2)o1. The van der Waals surface area contributed by atoms with Gasteiger partial charge in [0, 0.05) is 30.1 Å². The molecule has 2 atom stereocenters. The van der Waals surface area contributed by atoms with Crippen molar-refractivity contribution >= 4 is 0 Å². The number of aryl methyl sites for hydroxylation is 1. The Bertz CT molecular complexity index is 756. The summed E-state index contributed by atoms with van der Waals surface area (Å²) in [6, 6.07) is 13.1. The van der Waals surface area contributed by atoms with Gasteiger partial charge < -0.3 is 14.4 Å². The van der Waals surface area contributed by atoms with E-state index < -0.39 is 0 Å². The van der Waals surface area contributed by atoms with E-state index in [-0.39, 0.29) is 5.41 Å². The van der Waals surface area contributed by atoms with Gasteiger partial charge in [0.25, 0.3) is 0 Å². The molecule has 140 valence electrons. The van der Waals surface area contributed by atoms with E-state index in [1.165, 1.54) is 17.5 Å². The minimum atomic E-state index is 0.0984. The van der Waals surface area contributed by atoms with Gasteiger partial charge in [0.2, 0.25) is 0 Å². The van der Waals surface area contributed by atoms with Crippen molar-refractivity contribution < 1.29 is 9.52 Å². The molecule has 0 unspecified atom stereocenters. The Labute approximate surface area is 156 Å². The van der Waals surface area contributed by atoms with Gasteiger partial charge in [-0.15, -0.1) is 0 Å². The van der Waals surface area contributed by atoms with Crippen molar-refractivity contribution in [2.75, 3.05) is 33.3 Å². The zero-order valence-corrected chi connectivity index (χ0v) is 15.9. The third kappa shape index (κ3) is 3.22. The minimum Gasteiger partial charge on any atom is -0.461 e. The van der Waals surface area contributed by atoms with Crippen LogP contribution in [0.4, 0.5) is 0 Å². The zero-order chi connectivity index (χ0) is 18.1. The van der Waals surface area contributed by atoms with Crippen LogP contribution in [0, 0.1) is 12.3 Å². The molecule has 2 saturated heterocycles. The number of likely N-dealkylation sites (tertiary alicyclic amines) is 2. The van der Waals surface area contributed by atoms with E-state index in [0.717, 1.165) is 50.5 Å². The summed E-state index contributed by atoms with van der Waals surface area (Å²) in [5.74, 6) is 1.90. The fourth-order valence-corrected chi connectivity index (χ4v) is 4.94. The van der Waals surface area contributed by atoms with Gasteiger partial charge in [-0.2, -0.15) is 0 Å². The summed E-state index contributed by atoms with van der Waals surface area (Å²) in [5.41, 5.74) is 2.61. The first-order valence-corrected chi connectivity index (χ1v) is 9.79. The third-order valence-electron chi connectivity index (χ3n) is 6.51. The first kappa shape index (κ1) is 17.8. The molecule has 2 aromatic rings. The maximum Gasteiger partial charge on any atom is 0.134 e. The third-order valence-corrected chi connectivity index (χ3v) is 6.51. The van der Waals surface area contributed by atoms with Crippen molar-refractivity contribution in [1.82, 2.24) is 9.80 Å². The number of piperidine rings is 2. The van der Waals surface area contributed by atoms with Crippen molar-refractivity contribution in [2.45, 2.75) is 38.8 Å². The number of likely N-dealkylation sites (N-methyl/N-ethyl adjacent to an activating group) is 1. The Morgan fingerprint density at radius 1 is 1.15 bits per heavy atom. The molecule has 2 aliphatic heterocycles. The Balaban J connectivity index is 1.54. The molecule has 0 radical (unpaired) electrons. The van der Waals surface area contributed by atoms with Gasteiger partial charge in [-0.3, -0.25) is 4.90 Å². The van der Waals surface area contributed by atoms with Crippen molar-refractivity contribution in [3.05, 3.63) is 47.7 Å². The molecule has 26 heavy (non-hydrogen) atoms. The number of hydrogen-bond acceptors (Lipinski definition) is 4. The van der Waals surface area contributed by atoms with E-state index in [0.29, 0.717) is 12.6 Å². The van der Waals surface area contributed by atoms with E-state index in [9.17, 15) is 5.11 Å². The molecule has 1 aromatic heterocycles. The van der Waals surface area contributed by atoms with Gasteiger partial charge in [0.1, 0.15) is 11.5 Å². The lowest BCUT2D eigenvalue weighted by molar-refractivity contribution is -0.0684. The monoisotopic (exact) mass is 354 g/mol. The maximum absolute atomic E-state index is 10.1. The van der Waals surface area contributed by atoms with E-state index in [1.807, 2.05) is 13.0 Å². The molecule has 2 aliphatic rings. The maximum atomic E-state index is 10.1. The quantitative estimate of drug-likeness (QED) is 0.912. The molecule has 0 aliphatic carbocycles. The number of hydrogen-bond donors (Lipinski definition) is 1. The topological polar surface area (TPSA) is 39.9 Å². The summed E-state index contributed by atoms with van der Waals surface area (Å²) in [6.45, 7) is 6.46. The van der Waals surface area contributed by atoms with E-state index in [4.69, 9.17) is 4.42 Å². The van der Waals surface area contributed by atoms with Gasteiger partial charge in [-0.05, 0) is 64.0 Å². The largest absolute Gasteiger partial charge is 0.461 e. The number of furan rings is 1. The van der Waals surface area contributed by atoms with Crippen molar-refractivity contribution in [2.24, 2.45) is 5.41 Å². The summed E-state index contributed by atoms with van der Waals surface area (Å²) in [4.78, 5) is 5.02. The number of aliphatic hydroxyl groups is 1. The smallest absolute Gasteiger partial charge is 0.134 e. The predicted molar refractivity (Wildman–Crippen MR) is 104 cm³/mol. The van der Waals surface area contributed by atoms with Crippen LogP contribution in [0.25, 0.3) is 11.3 Å². The average molecular weight is 354 g/mol. The summed E-state index contributed by atoms with van der Waals surface area (Å²) in [7, 11) is 2.22. The Morgan fingerprint density at radius 3 is 2.77 bits per heavy atom. The van der Waals surface area contributed by atoms with Gasteiger partial charge in [0.15, 0.2) is 0 Å².